The number of carbonyl (C=O) groups excluding carboxylic acids is 2. The summed E-state index contributed by atoms with van der Waals surface area (Å²) in [4.78, 5) is 48.4. The van der Waals surface area contributed by atoms with Gasteiger partial charge in [-0.2, -0.15) is 0 Å². The molecule has 0 fully saturated rings. The van der Waals surface area contributed by atoms with Crippen LogP contribution < -0.4 is 20.9 Å². The molecule has 1 atom stereocenters. The third kappa shape index (κ3) is 10.5. The fourth-order valence-corrected chi connectivity index (χ4v) is 3.50. The van der Waals surface area contributed by atoms with E-state index in [0.717, 1.165) is 31.6 Å². The number of amides is 3. The topological polar surface area (TPSA) is 157 Å². The van der Waals surface area contributed by atoms with Crippen LogP contribution in [0.5, 0.6) is 0 Å². The van der Waals surface area contributed by atoms with Crippen LogP contribution in [0.1, 0.15) is 45.1 Å². The van der Waals surface area contributed by atoms with Crippen LogP contribution in [0, 0.1) is 0 Å². The van der Waals surface area contributed by atoms with Crippen molar-refractivity contribution in [1.82, 2.24) is 5.32 Å². The Morgan fingerprint density at radius 2 is 1.43 bits per heavy atom. The number of carbonyl (C=O) groups is 4. The van der Waals surface area contributed by atoms with E-state index in [0.29, 0.717) is 16.9 Å². The molecule has 11 nitrogen and oxygen atoms in total. The number of nitrogens with one attached hydrogen (secondary N) is 3. The monoisotopic (exact) mass is 514 g/mol. The summed E-state index contributed by atoms with van der Waals surface area (Å²) in [6, 6.07) is 11.9. The molecule has 0 spiro atoms. The maximum absolute atomic E-state index is 12.2. The Bertz CT molecular complexity index is 1040. The average molecular weight is 515 g/mol. The van der Waals surface area contributed by atoms with Gasteiger partial charge >= 0.3 is 24.1 Å². The summed E-state index contributed by atoms with van der Waals surface area (Å²) in [5.74, 6) is -2.48. The molecule has 37 heavy (non-hydrogen) atoms. The Morgan fingerprint density at radius 1 is 0.865 bits per heavy atom. The molecule has 2 aromatic carbocycles. The predicted octanol–water partition coefficient (Wildman–Crippen LogP) is 4.50. The molecule has 3 amide bonds. The van der Waals surface area contributed by atoms with Crippen LogP contribution in [0.25, 0.3) is 0 Å². The minimum Gasteiger partial charge on any atom is -0.481 e. The van der Waals surface area contributed by atoms with Crippen molar-refractivity contribution in [3.8, 4) is 0 Å². The third-order valence-corrected chi connectivity index (χ3v) is 5.30. The van der Waals surface area contributed by atoms with Gasteiger partial charge in [0.2, 0.25) is 0 Å². The highest BCUT2D eigenvalue weighted by molar-refractivity contribution is 5.92. The zero-order chi connectivity index (χ0) is 27.2. The molecular weight excluding hydrogens is 480 g/mol. The van der Waals surface area contributed by atoms with Crippen LogP contribution in [0.4, 0.5) is 26.7 Å². The third-order valence-electron chi connectivity index (χ3n) is 5.30. The number of hydrogen-bond donors (Lipinski definition) is 5. The molecule has 11 heteroatoms. The number of urea groups is 1. The molecule has 0 radical (unpaired) electrons. The largest absolute Gasteiger partial charge is 0.481 e. The van der Waals surface area contributed by atoms with Crippen molar-refractivity contribution in [2.45, 2.75) is 52.2 Å². The molecule has 0 aliphatic carbocycles. The van der Waals surface area contributed by atoms with Gasteiger partial charge in [0.1, 0.15) is 12.6 Å². The highest BCUT2D eigenvalue weighted by Gasteiger charge is 2.21. The summed E-state index contributed by atoms with van der Waals surface area (Å²) in [7, 11) is 0. The zero-order valence-corrected chi connectivity index (χ0v) is 21.0. The Labute approximate surface area is 215 Å². The van der Waals surface area contributed by atoms with Gasteiger partial charge in [-0.05, 0) is 61.2 Å². The Hall–Kier alpha value is -4.28. The summed E-state index contributed by atoms with van der Waals surface area (Å²) in [6.45, 7) is 6.22. The molecule has 0 heterocycles. The molecule has 0 aliphatic heterocycles. The number of nitrogens with zero attached hydrogens (tertiary/aromatic N) is 1. The van der Waals surface area contributed by atoms with E-state index in [4.69, 9.17) is 14.9 Å². The smallest absolute Gasteiger partial charge is 0.411 e. The van der Waals surface area contributed by atoms with Gasteiger partial charge in [0.25, 0.3) is 0 Å². The van der Waals surface area contributed by atoms with Crippen molar-refractivity contribution in [3.63, 3.8) is 0 Å². The van der Waals surface area contributed by atoms with Gasteiger partial charge in [0, 0.05) is 36.6 Å². The molecule has 0 saturated carbocycles. The molecule has 0 aliphatic rings. The van der Waals surface area contributed by atoms with Crippen LogP contribution in [-0.2, 0) is 20.9 Å². The second-order valence-electron chi connectivity index (χ2n) is 8.35. The second-order valence-corrected chi connectivity index (χ2v) is 8.35. The van der Waals surface area contributed by atoms with Crippen molar-refractivity contribution in [3.05, 3.63) is 54.1 Å². The van der Waals surface area contributed by atoms with E-state index >= 15 is 0 Å². The van der Waals surface area contributed by atoms with Gasteiger partial charge in [-0.1, -0.05) is 26.0 Å². The van der Waals surface area contributed by atoms with Crippen LogP contribution in [-0.4, -0.2) is 53.4 Å². The van der Waals surface area contributed by atoms with E-state index in [1.165, 1.54) is 0 Å². The van der Waals surface area contributed by atoms with Crippen molar-refractivity contribution in [2.75, 3.05) is 28.6 Å². The SMILES string of the molecule is CCCN(CCC)c1ccc(NC(=O)OCc2ccc(NC(=O)N[C@@H](CCC(=O)O)C(=O)O)cc2)cc1. The van der Waals surface area contributed by atoms with Gasteiger partial charge in [0.05, 0.1) is 0 Å². The lowest BCUT2D eigenvalue weighted by atomic mass is 10.1. The normalized spacial score (nSPS) is 11.2. The van der Waals surface area contributed by atoms with E-state index in [-0.39, 0.29) is 19.4 Å². The van der Waals surface area contributed by atoms with Crippen molar-refractivity contribution in [1.29, 1.82) is 0 Å². The maximum Gasteiger partial charge on any atom is 0.411 e. The second kappa shape index (κ2) is 15.0. The van der Waals surface area contributed by atoms with E-state index in [1.54, 1.807) is 24.3 Å². The van der Waals surface area contributed by atoms with Crippen molar-refractivity contribution < 1.29 is 34.1 Å². The van der Waals surface area contributed by atoms with E-state index in [9.17, 15) is 19.2 Å². The predicted molar refractivity (Wildman–Crippen MR) is 140 cm³/mol. The molecule has 2 aromatic rings. The molecule has 2 rings (SSSR count). The first-order chi connectivity index (χ1) is 17.7. The number of carboxylic acid groups (broad SMARTS) is 2. The maximum atomic E-state index is 12.2. The first-order valence-corrected chi connectivity index (χ1v) is 12.1. The number of carboxylic acids is 2. The minimum atomic E-state index is -1.33. The van der Waals surface area contributed by atoms with Crippen LogP contribution >= 0.6 is 0 Å². The molecule has 0 saturated heterocycles. The number of anilines is 3. The molecule has 5 N–H and O–H groups in total. The first kappa shape index (κ1) is 29.0. The molecule has 0 bridgehead atoms. The van der Waals surface area contributed by atoms with Gasteiger partial charge in [0.15, 0.2) is 0 Å². The Morgan fingerprint density at radius 3 is 1.97 bits per heavy atom. The number of benzene rings is 2. The fraction of sp³-hybridized carbons (Fsp3) is 0.385. The number of ether oxygens (including phenoxy) is 1. The lowest BCUT2D eigenvalue weighted by Crippen LogP contribution is -2.43. The Kier molecular flexibility index (Phi) is 11.7. The number of aliphatic carboxylic acids is 2. The van der Waals surface area contributed by atoms with Crippen LogP contribution in [0.15, 0.2) is 48.5 Å². The summed E-state index contributed by atoms with van der Waals surface area (Å²) in [5.41, 5.74) is 2.78. The Balaban J connectivity index is 1.81. The summed E-state index contributed by atoms with van der Waals surface area (Å²) in [6.07, 6.45) is 0.875. The standard InChI is InChI=1S/C26H34N4O7/c1-3-15-30(16-4-2)21-11-9-20(10-12-21)28-26(36)37-17-18-5-7-19(8-6-18)27-25(35)29-22(24(33)34)13-14-23(31)32/h5-12,22H,3-4,13-17H2,1-2H3,(H,28,36)(H,31,32)(H,33,34)(H2,27,29,35)/t22-/m0/s1. The molecular formula is C26H34N4O7. The first-order valence-electron chi connectivity index (χ1n) is 12.1. The molecule has 0 unspecified atom stereocenters. The fourth-order valence-electron chi connectivity index (χ4n) is 3.50. The van der Waals surface area contributed by atoms with E-state index in [1.807, 2.05) is 24.3 Å². The summed E-state index contributed by atoms with van der Waals surface area (Å²) in [5, 5.41) is 25.2. The van der Waals surface area contributed by atoms with Gasteiger partial charge in [-0.3, -0.25) is 10.1 Å². The summed E-state index contributed by atoms with van der Waals surface area (Å²) >= 11 is 0. The number of hydrogen-bond acceptors (Lipinski definition) is 6. The average Bonchev–Trinajstić information content (AvgIpc) is 2.86. The van der Waals surface area contributed by atoms with Crippen molar-refractivity contribution >= 4 is 41.1 Å². The van der Waals surface area contributed by atoms with Crippen LogP contribution in [0.3, 0.4) is 0 Å². The lowest BCUT2D eigenvalue weighted by molar-refractivity contribution is -0.140. The van der Waals surface area contributed by atoms with Crippen molar-refractivity contribution in [2.24, 2.45) is 0 Å². The quantitative estimate of drug-likeness (QED) is 0.247. The van der Waals surface area contributed by atoms with E-state index in [2.05, 4.69) is 34.7 Å². The number of rotatable bonds is 14. The molecule has 0 aromatic heterocycles. The lowest BCUT2D eigenvalue weighted by Gasteiger charge is -2.24. The highest BCUT2D eigenvalue weighted by atomic mass is 16.5. The highest BCUT2D eigenvalue weighted by Crippen LogP contribution is 2.19. The van der Waals surface area contributed by atoms with Crippen LogP contribution in [0.2, 0.25) is 0 Å². The summed E-state index contributed by atoms with van der Waals surface area (Å²) < 4.78 is 5.26. The van der Waals surface area contributed by atoms with Gasteiger partial charge in [-0.25, -0.2) is 14.4 Å². The van der Waals surface area contributed by atoms with E-state index < -0.39 is 30.1 Å². The van der Waals surface area contributed by atoms with Gasteiger partial charge < -0.3 is 30.5 Å². The molecule has 200 valence electrons. The minimum absolute atomic E-state index is 0.00739. The zero-order valence-electron chi connectivity index (χ0n) is 21.0. The van der Waals surface area contributed by atoms with Gasteiger partial charge in [-0.15, -0.1) is 0 Å².